The van der Waals surface area contributed by atoms with Crippen LogP contribution in [0.5, 0.6) is 0 Å². The van der Waals surface area contributed by atoms with Crippen LogP contribution in [0, 0.1) is 5.41 Å². The van der Waals surface area contributed by atoms with Gasteiger partial charge in [-0.3, -0.25) is 4.79 Å². The molecule has 88 valence electrons. The van der Waals surface area contributed by atoms with Gasteiger partial charge in [0.15, 0.2) is 6.10 Å². The molecule has 0 saturated carbocycles. The smallest absolute Gasteiger partial charge is 0.334 e. The van der Waals surface area contributed by atoms with E-state index in [-0.39, 0.29) is 6.54 Å². The molecule has 0 aliphatic carbocycles. The van der Waals surface area contributed by atoms with Gasteiger partial charge in [0.2, 0.25) is 5.91 Å². The lowest BCUT2D eigenvalue weighted by molar-refractivity contribution is -0.146. The molecule has 0 saturated heterocycles. The van der Waals surface area contributed by atoms with Crippen molar-refractivity contribution in [1.82, 2.24) is 5.32 Å². The maximum Gasteiger partial charge on any atom is 0.334 e. The summed E-state index contributed by atoms with van der Waals surface area (Å²) in [5, 5.41) is 19.5. The average molecular weight is 218 g/mol. The highest BCUT2D eigenvalue weighted by Gasteiger charge is 2.28. The van der Waals surface area contributed by atoms with E-state index in [0.29, 0.717) is 0 Å². The van der Waals surface area contributed by atoms with Crippen LogP contribution >= 0.6 is 0 Å². The van der Waals surface area contributed by atoms with Gasteiger partial charge in [-0.15, -0.1) is 0 Å². The van der Waals surface area contributed by atoms with Crippen molar-refractivity contribution in [2.45, 2.75) is 32.9 Å². The number of aliphatic carboxylic acids is 1. The Kier molecular flexibility index (Phi) is 4.70. The van der Waals surface area contributed by atoms with E-state index >= 15 is 0 Å². The molecule has 1 amide bonds. The Morgan fingerprint density at radius 3 is 2.20 bits per heavy atom. The second-order valence-corrected chi connectivity index (χ2v) is 4.44. The zero-order valence-electron chi connectivity index (χ0n) is 9.15. The molecule has 5 N–H and O–H groups in total. The predicted molar refractivity (Wildman–Crippen MR) is 54.1 cm³/mol. The van der Waals surface area contributed by atoms with E-state index in [1.165, 1.54) is 0 Å². The fourth-order valence-corrected chi connectivity index (χ4v) is 0.788. The first-order chi connectivity index (χ1) is 6.66. The van der Waals surface area contributed by atoms with Crippen LogP contribution in [-0.2, 0) is 9.59 Å². The van der Waals surface area contributed by atoms with E-state index in [4.69, 9.17) is 15.9 Å². The first-order valence-electron chi connectivity index (χ1n) is 4.60. The first kappa shape index (κ1) is 13.9. The molecule has 0 aromatic rings. The van der Waals surface area contributed by atoms with Crippen LogP contribution in [-0.4, -0.2) is 40.8 Å². The summed E-state index contributed by atoms with van der Waals surface area (Å²) in [6, 6.07) is -0.738. The van der Waals surface area contributed by atoms with Gasteiger partial charge in [-0.2, -0.15) is 0 Å². The molecular weight excluding hydrogens is 200 g/mol. The zero-order chi connectivity index (χ0) is 12.2. The largest absolute Gasteiger partial charge is 0.479 e. The van der Waals surface area contributed by atoms with E-state index in [2.05, 4.69) is 5.32 Å². The first-order valence-corrected chi connectivity index (χ1v) is 4.60. The van der Waals surface area contributed by atoms with Crippen molar-refractivity contribution in [1.29, 1.82) is 0 Å². The lowest BCUT2D eigenvalue weighted by Gasteiger charge is -2.26. The van der Waals surface area contributed by atoms with Gasteiger partial charge >= 0.3 is 5.97 Å². The molecule has 6 nitrogen and oxygen atoms in total. The van der Waals surface area contributed by atoms with Crippen LogP contribution in [0.1, 0.15) is 20.8 Å². The van der Waals surface area contributed by atoms with Gasteiger partial charge < -0.3 is 21.3 Å². The van der Waals surface area contributed by atoms with E-state index in [9.17, 15) is 9.59 Å². The minimum atomic E-state index is -1.60. The Morgan fingerprint density at radius 1 is 1.40 bits per heavy atom. The van der Waals surface area contributed by atoms with E-state index in [1.807, 2.05) is 0 Å². The second-order valence-electron chi connectivity index (χ2n) is 4.44. The monoisotopic (exact) mass is 218 g/mol. The van der Waals surface area contributed by atoms with Crippen molar-refractivity contribution < 1.29 is 19.8 Å². The highest BCUT2D eigenvalue weighted by Crippen LogP contribution is 2.16. The minimum absolute atomic E-state index is 0.335. The van der Waals surface area contributed by atoms with Gasteiger partial charge in [0.1, 0.15) is 0 Å². The van der Waals surface area contributed by atoms with Gasteiger partial charge in [-0.25, -0.2) is 4.79 Å². The number of hydrogen-bond donors (Lipinski definition) is 4. The van der Waals surface area contributed by atoms with Crippen LogP contribution in [0.2, 0.25) is 0 Å². The third-order valence-electron chi connectivity index (χ3n) is 1.97. The van der Waals surface area contributed by atoms with E-state index < -0.39 is 29.4 Å². The molecule has 15 heavy (non-hydrogen) atoms. The van der Waals surface area contributed by atoms with Crippen molar-refractivity contribution in [2.24, 2.45) is 11.1 Å². The summed E-state index contributed by atoms with van der Waals surface area (Å²) in [5.74, 6) is -1.84. The second kappa shape index (κ2) is 5.09. The average Bonchev–Trinajstić information content (AvgIpc) is 2.10. The molecule has 0 aliphatic rings. The van der Waals surface area contributed by atoms with Crippen LogP contribution < -0.4 is 11.1 Å². The third kappa shape index (κ3) is 4.75. The molecule has 6 heteroatoms. The maximum absolute atomic E-state index is 11.4. The number of carbonyl (C=O) groups excluding carboxylic acids is 1. The summed E-state index contributed by atoms with van der Waals surface area (Å²) < 4.78 is 0. The standard InChI is InChI=1S/C9H18N2O4/c1-9(2,3)6(10)7(13)11-4-5(12)8(14)15/h5-6,12H,4,10H2,1-3H3,(H,11,13)(H,14,15)/t5-,6?/m0/s1. The molecule has 0 aromatic carbocycles. The van der Waals surface area contributed by atoms with Crippen LogP contribution in [0.25, 0.3) is 0 Å². The molecular formula is C9H18N2O4. The van der Waals surface area contributed by atoms with Gasteiger partial charge in [-0.1, -0.05) is 20.8 Å². The molecule has 0 rings (SSSR count). The molecule has 0 spiro atoms. The molecule has 0 heterocycles. The summed E-state index contributed by atoms with van der Waals surface area (Å²) in [7, 11) is 0. The van der Waals surface area contributed by atoms with E-state index in [0.717, 1.165) is 0 Å². The summed E-state index contributed by atoms with van der Waals surface area (Å²) >= 11 is 0. The molecule has 1 unspecified atom stereocenters. The number of nitrogens with two attached hydrogens (primary N) is 1. The lowest BCUT2D eigenvalue weighted by Crippen LogP contribution is -2.50. The SMILES string of the molecule is CC(C)(C)C(N)C(=O)NC[C@H](O)C(=O)O. The third-order valence-corrected chi connectivity index (χ3v) is 1.97. The number of carboxylic acid groups (broad SMARTS) is 1. The number of carboxylic acids is 1. The van der Waals surface area contributed by atoms with Crippen molar-refractivity contribution in [3.63, 3.8) is 0 Å². The number of aliphatic hydroxyl groups excluding tert-OH is 1. The molecule has 0 radical (unpaired) electrons. The number of nitrogens with one attached hydrogen (secondary N) is 1. The van der Waals surface area contributed by atoms with Crippen molar-refractivity contribution in [2.75, 3.05) is 6.54 Å². The van der Waals surface area contributed by atoms with Gasteiger partial charge in [-0.05, 0) is 5.41 Å². The van der Waals surface area contributed by atoms with Gasteiger partial charge in [0.05, 0.1) is 12.6 Å². The number of rotatable bonds is 4. The fraction of sp³-hybridized carbons (Fsp3) is 0.778. The van der Waals surface area contributed by atoms with Crippen LogP contribution in [0.4, 0.5) is 0 Å². The summed E-state index contributed by atoms with van der Waals surface area (Å²) in [5.41, 5.74) is 5.21. The normalized spacial score (nSPS) is 15.5. The fourth-order valence-electron chi connectivity index (χ4n) is 0.788. The molecule has 0 fully saturated rings. The zero-order valence-corrected chi connectivity index (χ0v) is 9.15. The predicted octanol–water partition coefficient (Wildman–Crippen LogP) is -1.08. The van der Waals surface area contributed by atoms with Crippen molar-refractivity contribution >= 4 is 11.9 Å². The lowest BCUT2D eigenvalue weighted by atomic mass is 9.87. The number of amides is 1. The maximum atomic E-state index is 11.4. The quantitative estimate of drug-likeness (QED) is 0.479. The highest BCUT2D eigenvalue weighted by atomic mass is 16.4. The topological polar surface area (TPSA) is 113 Å². The Bertz CT molecular complexity index is 247. The minimum Gasteiger partial charge on any atom is -0.479 e. The van der Waals surface area contributed by atoms with E-state index in [1.54, 1.807) is 20.8 Å². The Balaban J connectivity index is 4.11. The van der Waals surface area contributed by atoms with Crippen LogP contribution in [0.3, 0.4) is 0 Å². The number of hydrogen-bond acceptors (Lipinski definition) is 4. The molecule has 0 bridgehead atoms. The van der Waals surface area contributed by atoms with Crippen LogP contribution in [0.15, 0.2) is 0 Å². The Morgan fingerprint density at radius 2 is 1.87 bits per heavy atom. The molecule has 2 atom stereocenters. The van der Waals surface area contributed by atoms with Crippen molar-refractivity contribution in [3.05, 3.63) is 0 Å². The van der Waals surface area contributed by atoms with Gasteiger partial charge in [0.25, 0.3) is 0 Å². The summed E-state index contributed by atoms with van der Waals surface area (Å²) in [6.07, 6.45) is -1.60. The number of aliphatic hydroxyl groups is 1. The summed E-state index contributed by atoms with van der Waals surface area (Å²) in [4.78, 5) is 21.6. The number of carbonyl (C=O) groups is 2. The highest BCUT2D eigenvalue weighted by molar-refractivity contribution is 5.83. The Hall–Kier alpha value is -1.14. The van der Waals surface area contributed by atoms with Gasteiger partial charge in [0, 0.05) is 0 Å². The molecule has 0 aromatic heterocycles. The molecule has 0 aliphatic heterocycles. The Labute approximate surface area is 88.5 Å². The van der Waals surface area contributed by atoms with Crippen molar-refractivity contribution in [3.8, 4) is 0 Å². The summed E-state index contributed by atoms with van der Waals surface area (Å²) in [6.45, 7) is 5.05.